The fourth-order valence-corrected chi connectivity index (χ4v) is 3.35. The summed E-state index contributed by atoms with van der Waals surface area (Å²) in [4.78, 5) is 27.2. The molecule has 7 heteroatoms. The van der Waals surface area contributed by atoms with E-state index in [2.05, 4.69) is 5.32 Å². The summed E-state index contributed by atoms with van der Waals surface area (Å²) in [6.45, 7) is 3.56. The van der Waals surface area contributed by atoms with E-state index in [0.29, 0.717) is 21.4 Å². The van der Waals surface area contributed by atoms with E-state index >= 15 is 0 Å². The van der Waals surface area contributed by atoms with Gasteiger partial charge in [-0.1, -0.05) is 35.3 Å². The summed E-state index contributed by atoms with van der Waals surface area (Å²) in [5, 5.41) is 4.04. The van der Waals surface area contributed by atoms with E-state index in [1.165, 1.54) is 4.90 Å². The molecule has 0 saturated carbocycles. The van der Waals surface area contributed by atoms with Gasteiger partial charge in [-0.2, -0.15) is 0 Å². The van der Waals surface area contributed by atoms with Crippen molar-refractivity contribution in [1.82, 2.24) is 0 Å². The molecular formula is C20H18Cl2N2O3. The van der Waals surface area contributed by atoms with Crippen LogP contribution in [0.3, 0.4) is 0 Å². The third-order valence-electron chi connectivity index (χ3n) is 4.18. The normalized spacial score (nSPS) is 19.0. The third kappa shape index (κ3) is 3.80. The zero-order chi connectivity index (χ0) is 19.6. The van der Waals surface area contributed by atoms with Gasteiger partial charge in [0.15, 0.2) is 5.54 Å². The number of ether oxygens (including phenoxy) is 1. The highest BCUT2D eigenvalue weighted by molar-refractivity contribution is 6.31. The maximum Gasteiger partial charge on any atom is 0.336 e. The Bertz CT molecular complexity index is 929. The smallest absolute Gasteiger partial charge is 0.336 e. The standard InChI is InChI=1S/C20H18Cl2N2O3/c1-3-27-19(26)20(2)12-17(23-15-8-4-6-13(21)10-15)18(25)24(20)16-9-5-7-14(22)11-16/h4-12,23H,3H2,1-2H3. The van der Waals surface area contributed by atoms with Crippen LogP contribution in [-0.4, -0.2) is 24.0 Å². The van der Waals surface area contributed by atoms with Crippen LogP contribution in [0.5, 0.6) is 0 Å². The van der Waals surface area contributed by atoms with Gasteiger partial charge in [-0.25, -0.2) is 4.79 Å². The zero-order valence-electron chi connectivity index (χ0n) is 14.8. The minimum absolute atomic E-state index is 0.205. The molecule has 1 heterocycles. The lowest BCUT2D eigenvalue weighted by Gasteiger charge is -2.32. The lowest BCUT2D eigenvalue weighted by molar-refractivity contribution is -0.147. The molecule has 1 amide bonds. The van der Waals surface area contributed by atoms with Crippen LogP contribution in [0.25, 0.3) is 0 Å². The maximum absolute atomic E-state index is 13.1. The number of hydrogen-bond acceptors (Lipinski definition) is 4. The number of benzene rings is 2. The lowest BCUT2D eigenvalue weighted by atomic mass is 10.0. The van der Waals surface area contributed by atoms with Crippen molar-refractivity contribution in [3.63, 3.8) is 0 Å². The summed E-state index contributed by atoms with van der Waals surface area (Å²) >= 11 is 12.1. The quantitative estimate of drug-likeness (QED) is 0.736. The molecule has 0 fully saturated rings. The van der Waals surface area contributed by atoms with Crippen molar-refractivity contribution in [3.05, 3.63) is 70.3 Å². The highest BCUT2D eigenvalue weighted by Crippen LogP contribution is 2.36. The molecule has 0 aliphatic carbocycles. The topological polar surface area (TPSA) is 58.6 Å². The largest absolute Gasteiger partial charge is 0.464 e. The number of amides is 1. The van der Waals surface area contributed by atoms with Gasteiger partial charge < -0.3 is 10.1 Å². The van der Waals surface area contributed by atoms with Crippen molar-refractivity contribution < 1.29 is 14.3 Å². The Morgan fingerprint density at radius 1 is 1.15 bits per heavy atom. The van der Waals surface area contributed by atoms with Crippen LogP contribution in [0.4, 0.5) is 11.4 Å². The summed E-state index contributed by atoms with van der Waals surface area (Å²) in [6, 6.07) is 13.8. The van der Waals surface area contributed by atoms with Crippen LogP contribution >= 0.6 is 23.2 Å². The first-order chi connectivity index (χ1) is 12.8. The summed E-state index contributed by atoms with van der Waals surface area (Å²) in [6.07, 6.45) is 1.56. The predicted octanol–water partition coefficient (Wildman–Crippen LogP) is 4.66. The minimum atomic E-state index is -1.31. The Morgan fingerprint density at radius 3 is 2.44 bits per heavy atom. The van der Waals surface area contributed by atoms with Crippen molar-refractivity contribution in [2.75, 3.05) is 16.8 Å². The van der Waals surface area contributed by atoms with Crippen LogP contribution in [0.1, 0.15) is 13.8 Å². The second kappa shape index (κ2) is 7.62. The Hall–Kier alpha value is -2.50. The van der Waals surface area contributed by atoms with Gasteiger partial charge in [0, 0.05) is 21.4 Å². The summed E-state index contributed by atoms with van der Waals surface area (Å²) in [5.74, 6) is -0.894. The highest BCUT2D eigenvalue weighted by atomic mass is 35.5. The van der Waals surface area contributed by atoms with E-state index in [9.17, 15) is 9.59 Å². The number of rotatable bonds is 5. The average molecular weight is 405 g/mol. The molecule has 0 saturated heterocycles. The number of nitrogens with zero attached hydrogens (tertiary/aromatic N) is 1. The Labute approximate surface area is 167 Å². The predicted molar refractivity (Wildman–Crippen MR) is 107 cm³/mol. The molecule has 27 heavy (non-hydrogen) atoms. The van der Waals surface area contributed by atoms with Gasteiger partial charge in [0.05, 0.1) is 6.61 Å². The summed E-state index contributed by atoms with van der Waals surface area (Å²) < 4.78 is 5.22. The van der Waals surface area contributed by atoms with Crippen LogP contribution in [0.2, 0.25) is 10.0 Å². The Balaban J connectivity index is 2.03. The first kappa shape index (κ1) is 19.3. The van der Waals surface area contributed by atoms with Crippen molar-refractivity contribution in [1.29, 1.82) is 0 Å². The monoisotopic (exact) mass is 404 g/mol. The number of nitrogens with one attached hydrogen (secondary N) is 1. The number of carbonyl (C=O) groups is 2. The van der Waals surface area contributed by atoms with Crippen molar-refractivity contribution >= 4 is 46.5 Å². The molecule has 1 aliphatic rings. The van der Waals surface area contributed by atoms with E-state index in [1.807, 2.05) is 0 Å². The zero-order valence-corrected chi connectivity index (χ0v) is 16.3. The van der Waals surface area contributed by atoms with Gasteiger partial charge in [0.25, 0.3) is 5.91 Å². The number of carbonyl (C=O) groups excluding carboxylic acids is 2. The Morgan fingerprint density at radius 2 is 1.81 bits per heavy atom. The van der Waals surface area contributed by atoms with Crippen LogP contribution in [0, 0.1) is 0 Å². The molecule has 5 nitrogen and oxygen atoms in total. The van der Waals surface area contributed by atoms with E-state index < -0.39 is 11.5 Å². The van der Waals surface area contributed by atoms with Gasteiger partial charge in [-0.3, -0.25) is 9.69 Å². The number of anilines is 2. The molecular weight excluding hydrogens is 387 g/mol. The first-order valence-corrected chi connectivity index (χ1v) is 9.13. The number of esters is 1. The SMILES string of the molecule is CCOC(=O)C1(C)C=C(Nc2cccc(Cl)c2)C(=O)N1c1cccc(Cl)c1. The van der Waals surface area contributed by atoms with Crippen molar-refractivity contribution in [2.45, 2.75) is 19.4 Å². The van der Waals surface area contributed by atoms with Crippen LogP contribution in [-0.2, 0) is 14.3 Å². The molecule has 1 N–H and O–H groups in total. The molecule has 0 bridgehead atoms. The fraction of sp³-hybridized carbons (Fsp3) is 0.200. The van der Waals surface area contributed by atoms with Gasteiger partial charge in [0.1, 0.15) is 5.70 Å². The Kier molecular flexibility index (Phi) is 5.44. The third-order valence-corrected chi connectivity index (χ3v) is 4.65. The lowest BCUT2D eigenvalue weighted by Crippen LogP contribution is -2.51. The summed E-state index contributed by atoms with van der Waals surface area (Å²) in [7, 11) is 0. The molecule has 2 aromatic rings. The van der Waals surface area contributed by atoms with E-state index in [4.69, 9.17) is 27.9 Å². The second-order valence-corrected chi connectivity index (χ2v) is 7.05. The van der Waals surface area contributed by atoms with E-state index in [0.717, 1.165) is 0 Å². The molecule has 0 radical (unpaired) electrons. The minimum Gasteiger partial charge on any atom is -0.464 e. The molecule has 3 rings (SSSR count). The molecule has 0 spiro atoms. The molecule has 1 aliphatic heterocycles. The summed E-state index contributed by atoms with van der Waals surface area (Å²) in [5.41, 5.74) is 0.0924. The molecule has 1 atom stereocenters. The van der Waals surface area contributed by atoms with E-state index in [-0.39, 0.29) is 18.2 Å². The molecule has 2 aromatic carbocycles. The van der Waals surface area contributed by atoms with E-state index in [1.54, 1.807) is 68.5 Å². The van der Waals surface area contributed by atoms with Gasteiger partial charge in [-0.05, 0) is 56.3 Å². The van der Waals surface area contributed by atoms with Crippen LogP contribution < -0.4 is 10.2 Å². The van der Waals surface area contributed by atoms with Crippen molar-refractivity contribution in [3.8, 4) is 0 Å². The molecule has 140 valence electrons. The van der Waals surface area contributed by atoms with Gasteiger partial charge in [-0.15, -0.1) is 0 Å². The first-order valence-electron chi connectivity index (χ1n) is 8.38. The number of hydrogen-bond donors (Lipinski definition) is 1. The highest BCUT2D eigenvalue weighted by Gasteiger charge is 2.49. The van der Waals surface area contributed by atoms with Gasteiger partial charge in [0.2, 0.25) is 0 Å². The fourth-order valence-electron chi connectivity index (χ4n) is 2.98. The maximum atomic E-state index is 13.1. The second-order valence-electron chi connectivity index (χ2n) is 6.18. The average Bonchev–Trinajstić information content (AvgIpc) is 2.86. The number of halogens is 2. The van der Waals surface area contributed by atoms with Gasteiger partial charge >= 0.3 is 5.97 Å². The molecule has 1 unspecified atom stereocenters. The van der Waals surface area contributed by atoms with Crippen molar-refractivity contribution in [2.24, 2.45) is 0 Å². The van der Waals surface area contributed by atoms with Crippen LogP contribution in [0.15, 0.2) is 60.3 Å². The molecule has 0 aromatic heterocycles.